The summed E-state index contributed by atoms with van der Waals surface area (Å²) in [5.74, 6) is -0.0760. The van der Waals surface area contributed by atoms with Gasteiger partial charge in [0.05, 0.1) is 12.7 Å². The van der Waals surface area contributed by atoms with E-state index < -0.39 is 5.82 Å². The monoisotopic (exact) mass is 365 g/mol. The molecule has 2 aromatic rings. The van der Waals surface area contributed by atoms with E-state index in [0.29, 0.717) is 17.6 Å². The summed E-state index contributed by atoms with van der Waals surface area (Å²) in [4.78, 5) is 14.1. The van der Waals surface area contributed by atoms with E-state index in [0.717, 1.165) is 11.3 Å². The zero-order chi connectivity index (χ0) is 16.1. The van der Waals surface area contributed by atoms with Crippen molar-refractivity contribution in [1.29, 1.82) is 0 Å². The van der Waals surface area contributed by atoms with E-state index in [1.165, 1.54) is 12.1 Å². The van der Waals surface area contributed by atoms with Crippen LogP contribution in [0, 0.1) is 5.82 Å². The summed E-state index contributed by atoms with van der Waals surface area (Å²) in [5, 5.41) is 0. The number of nitrogens with zero attached hydrogens (tertiary/aromatic N) is 1. The third-order valence-corrected chi connectivity index (χ3v) is 3.86. The molecule has 0 fully saturated rings. The summed E-state index contributed by atoms with van der Waals surface area (Å²) in [5.41, 5.74) is 1.05. The largest absolute Gasteiger partial charge is 0.497 e. The first-order chi connectivity index (χ1) is 10.5. The molecule has 0 radical (unpaired) electrons. The van der Waals surface area contributed by atoms with Gasteiger partial charge in [0, 0.05) is 17.6 Å². The molecule has 5 heteroatoms. The quantitative estimate of drug-likeness (QED) is 0.792. The van der Waals surface area contributed by atoms with Crippen LogP contribution in [0.2, 0.25) is 0 Å². The molecule has 0 saturated carbocycles. The predicted molar refractivity (Wildman–Crippen MR) is 87.5 cm³/mol. The number of hydrogen-bond donors (Lipinski definition) is 0. The second-order valence-electron chi connectivity index (χ2n) is 4.79. The fourth-order valence-corrected chi connectivity index (χ4v) is 2.44. The van der Waals surface area contributed by atoms with Crippen molar-refractivity contribution in [3.8, 4) is 5.75 Å². The van der Waals surface area contributed by atoms with Crippen LogP contribution in [0.4, 0.5) is 4.39 Å². The Morgan fingerprint density at radius 1 is 1.23 bits per heavy atom. The zero-order valence-corrected chi connectivity index (χ0v) is 14.1. The van der Waals surface area contributed by atoms with Crippen molar-refractivity contribution < 1.29 is 13.9 Å². The number of halogens is 2. The first-order valence-corrected chi connectivity index (χ1v) is 7.71. The lowest BCUT2D eigenvalue weighted by Crippen LogP contribution is -2.31. The van der Waals surface area contributed by atoms with Crippen molar-refractivity contribution in [3.05, 3.63) is 63.9 Å². The molecule has 0 N–H and O–H groups in total. The second-order valence-corrected chi connectivity index (χ2v) is 5.71. The minimum absolute atomic E-state index is 0.0820. The van der Waals surface area contributed by atoms with Crippen LogP contribution in [0.3, 0.4) is 0 Å². The normalized spacial score (nSPS) is 10.4. The van der Waals surface area contributed by atoms with Crippen LogP contribution in [0.5, 0.6) is 5.75 Å². The molecule has 2 rings (SSSR count). The van der Waals surface area contributed by atoms with Gasteiger partial charge in [-0.15, -0.1) is 0 Å². The number of hydrogen-bond acceptors (Lipinski definition) is 2. The maximum Gasteiger partial charge on any atom is 0.257 e. The van der Waals surface area contributed by atoms with Gasteiger partial charge in [-0.1, -0.05) is 28.1 Å². The second kappa shape index (κ2) is 7.40. The smallest absolute Gasteiger partial charge is 0.257 e. The maximum absolute atomic E-state index is 13.9. The molecule has 0 bridgehead atoms. The molecule has 0 saturated heterocycles. The standard InChI is InChI=1S/C17H17BrFNO2/c1-3-20(11-12-4-7-14(22-2)8-5-12)17(21)15-9-6-13(18)10-16(15)19/h4-10H,3,11H2,1-2H3. The SMILES string of the molecule is CCN(Cc1ccc(OC)cc1)C(=O)c1ccc(Br)cc1F. The molecular formula is C17H17BrFNO2. The van der Waals surface area contributed by atoms with Crippen LogP contribution in [0.1, 0.15) is 22.8 Å². The van der Waals surface area contributed by atoms with Crippen molar-refractivity contribution in [2.75, 3.05) is 13.7 Å². The number of amides is 1. The summed E-state index contributed by atoms with van der Waals surface area (Å²) in [7, 11) is 1.60. The van der Waals surface area contributed by atoms with E-state index in [2.05, 4.69) is 15.9 Å². The number of methoxy groups -OCH3 is 1. The number of ether oxygens (including phenoxy) is 1. The Labute approximate surface area is 137 Å². The van der Waals surface area contributed by atoms with E-state index in [4.69, 9.17) is 4.74 Å². The molecule has 0 unspecified atom stereocenters. The predicted octanol–water partition coefficient (Wildman–Crippen LogP) is 4.26. The van der Waals surface area contributed by atoms with Gasteiger partial charge >= 0.3 is 0 Å². The highest BCUT2D eigenvalue weighted by atomic mass is 79.9. The highest BCUT2D eigenvalue weighted by Crippen LogP contribution is 2.19. The molecule has 3 nitrogen and oxygen atoms in total. The third-order valence-electron chi connectivity index (χ3n) is 3.36. The average molecular weight is 366 g/mol. The van der Waals surface area contributed by atoms with Crippen molar-refractivity contribution >= 4 is 21.8 Å². The molecule has 0 aliphatic heterocycles. The van der Waals surface area contributed by atoms with Crippen LogP contribution in [-0.4, -0.2) is 24.5 Å². The van der Waals surface area contributed by atoms with Crippen LogP contribution >= 0.6 is 15.9 Å². The van der Waals surface area contributed by atoms with E-state index >= 15 is 0 Å². The zero-order valence-electron chi connectivity index (χ0n) is 12.5. The number of carbonyl (C=O) groups excluding carboxylic acids is 1. The summed E-state index contributed by atoms with van der Waals surface area (Å²) in [6.45, 7) is 2.80. The van der Waals surface area contributed by atoms with Crippen molar-refractivity contribution in [3.63, 3.8) is 0 Å². The summed E-state index contributed by atoms with van der Waals surface area (Å²) in [6.07, 6.45) is 0. The van der Waals surface area contributed by atoms with Crippen LogP contribution in [-0.2, 0) is 6.54 Å². The number of carbonyl (C=O) groups is 1. The van der Waals surface area contributed by atoms with Gasteiger partial charge in [0.15, 0.2) is 0 Å². The Hall–Kier alpha value is -1.88. The third kappa shape index (κ3) is 3.85. The van der Waals surface area contributed by atoms with Crippen LogP contribution in [0.25, 0.3) is 0 Å². The lowest BCUT2D eigenvalue weighted by molar-refractivity contribution is 0.0748. The Bertz CT molecular complexity index is 658. The van der Waals surface area contributed by atoms with E-state index in [9.17, 15) is 9.18 Å². The van der Waals surface area contributed by atoms with E-state index in [1.54, 1.807) is 18.1 Å². The molecule has 0 atom stereocenters. The molecule has 2 aromatic carbocycles. The van der Waals surface area contributed by atoms with Gasteiger partial charge in [-0.05, 0) is 42.8 Å². The fourth-order valence-electron chi connectivity index (χ4n) is 2.11. The van der Waals surface area contributed by atoms with Gasteiger partial charge in [-0.3, -0.25) is 4.79 Å². The van der Waals surface area contributed by atoms with Crippen molar-refractivity contribution in [1.82, 2.24) is 4.90 Å². The first-order valence-electron chi connectivity index (χ1n) is 6.92. The van der Waals surface area contributed by atoms with Gasteiger partial charge in [0.25, 0.3) is 5.91 Å². The molecule has 1 amide bonds. The topological polar surface area (TPSA) is 29.5 Å². The number of rotatable bonds is 5. The Morgan fingerprint density at radius 2 is 1.91 bits per heavy atom. The minimum Gasteiger partial charge on any atom is -0.497 e. The van der Waals surface area contributed by atoms with Crippen molar-refractivity contribution in [2.24, 2.45) is 0 Å². The lowest BCUT2D eigenvalue weighted by Gasteiger charge is -2.21. The highest BCUT2D eigenvalue weighted by Gasteiger charge is 2.18. The van der Waals surface area contributed by atoms with Crippen LogP contribution < -0.4 is 4.74 Å². The molecule has 0 heterocycles. The molecule has 0 spiro atoms. The maximum atomic E-state index is 13.9. The summed E-state index contributed by atoms with van der Waals surface area (Å²) < 4.78 is 19.7. The highest BCUT2D eigenvalue weighted by molar-refractivity contribution is 9.10. The fraction of sp³-hybridized carbons (Fsp3) is 0.235. The van der Waals surface area contributed by atoms with Gasteiger partial charge in [0.1, 0.15) is 11.6 Å². The Kier molecular flexibility index (Phi) is 5.55. The van der Waals surface area contributed by atoms with E-state index in [-0.39, 0.29) is 11.5 Å². The summed E-state index contributed by atoms with van der Waals surface area (Å²) in [6, 6.07) is 11.9. The molecular weight excluding hydrogens is 349 g/mol. The summed E-state index contributed by atoms with van der Waals surface area (Å²) >= 11 is 3.19. The van der Waals surface area contributed by atoms with Gasteiger partial charge in [0.2, 0.25) is 0 Å². The molecule has 22 heavy (non-hydrogen) atoms. The van der Waals surface area contributed by atoms with E-state index in [1.807, 2.05) is 31.2 Å². The van der Waals surface area contributed by atoms with Gasteiger partial charge in [-0.25, -0.2) is 4.39 Å². The van der Waals surface area contributed by atoms with Crippen molar-refractivity contribution in [2.45, 2.75) is 13.5 Å². The number of benzene rings is 2. The minimum atomic E-state index is -0.521. The molecule has 0 aliphatic rings. The molecule has 0 aliphatic carbocycles. The Balaban J connectivity index is 2.17. The van der Waals surface area contributed by atoms with Gasteiger partial charge < -0.3 is 9.64 Å². The van der Waals surface area contributed by atoms with Crippen LogP contribution in [0.15, 0.2) is 46.9 Å². The molecule has 116 valence electrons. The Morgan fingerprint density at radius 3 is 2.45 bits per heavy atom. The van der Waals surface area contributed by atoms with Gasteiger partial charge in [-0.2, -0.15) is 0 Å². The first kappa shape index (κ1) is 16.5. The lowest BCUT2D eigenvalue weighted by atomic mass is 10.1. The average Bonchev–Trinajstić information content (AvgIpc) is 2.52. The molecule has 0 aromatic heterocycles.